The molecule has 492 valence electrons. The molecule has 3 N–H and O–H groups in total. The highest BCUT2D eigenvalue weighted by Gasteiger charge is 2.18. The molecule has 0 bridgehead atoms. The summed E-state index contributed by atoms with van der Waals surface area (Å²) in [5.41, 5.74) is 0. The molecule has 0 fully saturated rings. The van der Waals surface area contributed by atoms with Gasteiger partial charge in [-0.15, -0.1) is 0 Å². The van der Waals surface area contributed by atoms with Crippen LogP contribution in [-0.2, 0) is 14.3 Å². The number of carbonyl (C=O) groups excluding carboxylic acids is 2. The summed E-state index contributed by atoms with van der Waals surface area (Å²) in [6.45, 7) is 4.94. The van der Waals surface area contributed by atoms with Crippen LogP contribution < -0.4 is 5.32 Å². The highest BCUT2D eigenvalue weighted by Crippen LogP contribution is 2.20. The molecule has 6 nitrogen and oxygen atoms in total. The molecule has 6 heteroatoms. The smallest absolute Gasteiger partial charge is 0.305 e. The number of aliphatic hydroxyl groups excluding tert-OH is 2. The van der Waals surface area contributed by atoms with E-state index in [1.807, 2.05) is 6.08 Å². The summed E-state index contributed by atoms with van der Waals surface area (Å²) in [6.07, 6.45) is 92.9. The zero-order chi connectivity index (χ0) is 59.9. The van der Waals surface area contributed by atoms with Gasteiger partial charge in [-0.1, -0.05) is 385 Å². The lowest BCUT2D eigenvalue weighted by atomic mass is 10.0. The van der Waals surface area contributed by atoms with Gasteiger partial charge >= 0.3 is 5.97 Å². The molecule has 0 aromatic rings. The lowest BCUT2D eigenvalue weighted by molar-refractivity contribution is -0.143. The molecule has 0 heterocycles. The molecule has 83 heavy (non-hydrogen) atoms. The van der Waals surface area contributed by atoms with Gasteiger partial charge in [0.2, 0.25) is 5.91 Å². The number of hydrogen-bond donors (Lipinski definition) is 3. The monoisotopic (exact) mass is 1170 g/mol. The SMILES string of the molecule is CCCCCCCC/C=C\CCCCCCCCCCCC(=O)OCCCCCCCCCCCCCCCCCCCCCCCCCCCCCCCCCCC(=O)NC(CO)C(O)/C=C/CCCCCCCCCCCCCCC. The van der Waals surface area contributed by atoms with Crippen molar-refractivity contribution in [2.24, 2.45) is 0 Å². The number of amides is 1. The highest BCUT2D eigenvalue weighted by molar-refractivity contribution is 5.76. The van der Waals surface area contributed by atoms with Gasteiger partial charge < -0.3 is 20.3 Å². The van der Waals surface area contributed by atoms with Crippen molar-refractivity contribution in [2.75, 3.05) is 13.2 Å². The Labute approximate surface area is 520 Å². The minimum absolute atomic E-state index is 0.0214. The van der Waals surface area contributed by atoms with Crippen LogP contribution in [0.3, 0.4) is 0 Å². The minimum atomic E-state index is -0.841. The van der Waals surface area contributed by atoms with Crippen molar-refractivity contribution in [1.82, 2.24) is 5.32 Å². The predicted molar refractivity (Wildman–Crippen MR) is 366 cm³/mol. The lowest BCUT2D eigenvalue weighted by Gasteiger charge is -2.20. The third-order valence-corrected chi connectivity index (χ3v) is 18.0. The Morgan fingerprint density at radius 3 is 0.855 bits per heavy atom. The molecule has 0 aromatic heterocycles. The van der Waals surface area contributed by atoms with E-state index in [1.54, 1.807) is 6.08 Å². The summed E-state index contributed by atoms with van der Waals surface area (Å²) >= 11 is 0. The second-order valence-corrected chi connectivity index (χ2v) is 26.3. The number of unbranched alkanes of at least 4 members (excludes halogenated alkanes) is 59. The largest absolute Gasteiger partial charge is 0.466 e. The molecule has 0 aromatic carbocycles. The van der Waals surface area contributed by atoms with Crippen molar-refractivity contribution < 1.29 is 24.5 Å². The number of rotatable bonds is 72. The van der Waals surface area contributed by atoms with Crippen LogP contribution in [0.25, 0.3) is 0 Å². The third kappa shape index (κ3) is 69.3. The summed E-state index contributed by atoms with van der Waals surface area (Å²) < 4.78 is 5.52. The molecule has 0 radical (unpaired) electrons. The number of carbonyl (C=O) groups is 2. The van der Waals surface area contributed by atoms with Crippen molar-refractivity contribution in [3.8, 4) is 0 Å². The lowest BCUT2D eigenvalue weighted by Crippen LogP contribution is -2.45. The Bertz CT molecular complexity index is 1300. The summed E-state index contributed by atoms with van der Waals surface area (Å²) in [5.74, 6) is -0.0392. The normalized spacial score (nSPS) is 12.6. The maximum atomic E-state index is 12.5. The van der Waals surface area contributed by atoms with Crippen LogP contribution in [-0.4, -0.2) is 47.4 Å². The first-order valence-corrected chi connectivity index (χ1v) is 38.1. The molecule has 0 aliphatic heterocycles. The van der Waals surface area contributed by atoms with Crippen LogP contribution in [0.1, 0.15) is 431 Å². The molecular formula is C77H149NO5. The van der Waals surface area contributed by atoms with Crippen LogP contribution in [0.4, 0.5) is 0 Å². The minimum Gasteiger partial charge on any atom is -0.466 e. The summed E-state index contributed by atoms with van der Waals surface area (Å²) in [5, 5.41) is 23.2. The molecule has 0 aliphatic carbocycles. The van der Waals surface area contributed by atoms with E-state index in [0.29, 0.717) is 19.4 Å². The maximum absolute atomic E-state index is 12.5. The zero-order valence-electron chi connectivity index (χ0n) is 56.5. The summed E-state index contributed by atoms with van der Waals surface area (Å²) in [6, 6.07) is -0.624. The number of aliphatic hydroxyl groups is 2. The molecule has 0 saturated carbocycles. The van der Waals surface area contributed by atoms with Gasteiger partial charge in [-0.25, -0.2) is 0 Å². The van der Waals surface area contributed by atoms with E-state index in [9.17, 15) is 19.8 Å². The molecule has 0 saturated heterocycles. The maximum Gasteiger partial charge on any atom is 0.305 e. The molecule has 0 rings (SSSR count). The number of esters is 1. The van der Waals surface area contributed by atoms with Crippen molar-refractivity contribution in [1.29, 1.82) is 0 Å². The molecule has 0 spiro atoms. The summed E-state index contributed by atoms with van der Waals surface area (Å²) in [7, 11) is 0. The number of nitrogens with one attached hydrogen (secondary N) is 1. The quantitative estimate of drug-likeness (QED) is 0.0320. The van der Waals surface area contributed by atoms with Crippen molar-refractivity contribution in [3.05, 3.63) is 24.3 Å². The van der Waals surface area contributed by atoms with E-state index < -0.39 is 12.1 Å². The fourth-order valence-electron chi connectivity index (χ4n) is 12.2. The van der Waals surface area contributed by atoms with Gasteiger partial charge in [0.15, 0.2) is 0 Å². The number of allylic oxidation sites excluding steroid dienone is 3. The topological polar surface area (TPSA) is 95.9 Å². The average Bonchev–Trinajstić information content (AvgIpc) is 3.48. The zero-order valence-corrected chi connectivity index (χ0v) is 56.5. The molecule has 0 aliphatic rings. The second-order valence-electron chi connectivity index (χ2n) is 26.3. The van der Waals surface area contributed by atoms with Crippen molar-refractivity contribution >= 4 is 11.9 Å². The molecular weight excluding hydrogens is 1020 g/mol. The first-order chi connectivity index (χ1) is 41.0. The predicted octanol–water partition coefficient (Wildman–Crippen LogP) is 24.9. The van der Waals surface area contributed by atoms with Gasteiger partial charge in [0.1, 0.15) is 0 Å². The average molecular weight is 1170 g/mol. The number of hydrogen-bond acceptors (Lipinski definition) is 5. The Morgan fingerprint density at radius 2 is 0.566 bits per heavy atom. The van der Waals surface area contributed by atoms with E-state index in [1.165, 1.54) is 366 Å². The van der Waals surface area contributed by atoms with E-state index in [0.717, 1.165) is 38.5 Å². The van der Waals surface area contributed by atoms with Crippen LogP contribution in [0.2, 0.25) is 0 Å². The van der Waals surface area contributed by atoms with E-state index in [-0.39, 0.29) is 18.5 Å². The Hall–Kier alpha value is -1.66. The standard InChI is InChI=1S/C77H149NO5/c1-3-5-7-9-11-13-15-17-19-20-35-39-43-47-51-55-59-63-67-71-77(82)83-72-68-64-60-56-52-48-44-40-37-34-32-30-28-26-24-22-21-23-25-27-29-31-33-36-38-42-46-50-54-58-62-66-70-76(81)78-74(73-79)75(80)69-65-61-57-53-49-45-41-18-16-14-12-10-8-6-4-2/h17,19,65,69,74-75,79-80H,3-16,18,20-64,66-68,70-73H2,1-2H3,(H,78,81)/b19-17-,69-65+. The first kappa shape index (κ1) is 81.3. The van der Waals surface area contributed by atoms with E-state index >= 15 is 0 Å². The molecule has 2 unspecified atom stereocenters. The van der Waals surface area contributed by atoms with Crippen LogP contribution in [0.5, 0.6) is 0 Å². The first-order valence-electron chi connectivity index (χ1n) is 38.1. The van der Waals surface area contributed by atoms with Gasteiger partial charge in [0.25, 0.3) is 0 Å². The Kier molecular flexibility index (Phi) is 71.4. The van der Waals surface area contributed by atoms with Gasteiger partial charge in [-0.2, -0.15) is 0 Å². The number of ether oxygens (including phenoxy) is 1. The van der Waals surface area contributed by atoms with Gasteiger partial charge in [0, 0.05) is 12.8 Å². The third-order valence-electron chi connectivity index (χ3n) is 18.0. The van der Waals surface area contributed by atoms with E-state index in [2.05, 4.69) is 31.3 Å². The fraction of sp³-hybridized carbons (Fsp3) is 0.922. The van der Waals surface area contributed by atoms with Crippen LogP contribution in [0, 0.1) is 0 Å². The highest BCUT2D eigenvalue weighted by atomic mass is 16.5. The van der Waals surface area contributed by atoms with Gasteiger partial charge in [-0.3, -0.25) is 9.59 Å². The summed E-state index contributed by atoms with van der Waals surface area (Å²) in [4.78, 5) is 24.6. The van der Waals surface area contributed by atoms with Crippen molar-refractivity contribution in [3.63, 3.8) is 0 Å². The Morgan fingerprint density at radius 1 is 0.325 bits per heavy atom. The van der Waals surface area contributed by atoms with Crippen LogP contribution >= 0.6 is 0 Å². The van der Waals surface area contributed by atoms with Crippen LogP contribution in [0.15, 0.2) is 24.3 Å². The van der Waals surface area contributed by atoms with Gasteiger partial charge in [0.05, 0.1) is 25.4 Å². The molecule has 1 amide bonds. The Balaban J connectivity index is 3.31. The van der Waals surface area contributed by atoms with Gasteiger partial charge in [-0.05, 0) is 57.8 Å². The fourth-order valence-corrected chi connectivity index (χ4v) is 12.2. The molecule has 2 atom stereocenters. The van der Waals surface area contributed by atoms with Crippen molar-refractivity contribution in [2.45, 2.75) is 443 Å². The second kappa shape index (κ2) is 72.8. The van der Waals surface area contributed by atoms with E-state index in [4.69, 9.17) is 4.74 Å².